The summed E-state index contributed by atoms with van der Waals surface area (Å²) in [6.07, 6.45) is 1.70. The number of ether oxygens (including phenoxy) is 4. The Morgan fingerprint density at radius 3 is 2.05 bits per heavy atom. The molecule has 0 unspecified atom stereocenters. The van der Waals surface area contributed by atoms with Crippen LogP contribution >= 0.6 is 0 Å². The van der Waals surface area contributed by atoms with E-state index >= 15 is 0 Å². The molecule has 0 saturated carbocycles. The molecule has 0 bridgehead atoms. The predicted octanol–water partition coefficient (Wildman–Crippen LogP) is 1.67. The van der Waals surface area contributed by atoms with Crippen LogP contribution in [0.4, 0.5) is 20.1 Å². The number of alkyl carbamates (subject to hydrolysis) is 1. The number of amides is 7. The van der Waals surface area contributed by atoms with Gasteiger partial charge in [0.25, 0.3) is 0 Å². The normalized spacial score (nSPS) is 12.1. The Balaban J connectivity index is 2.53. The van der Waals surface area contributed by atoms with Crippen molar-refractivity contribution < 1.29 is 60.9 Å². The fraction of sp³-hybridized carbons (Fsp3) is 0.649. The highest BCUT2D eigenvalue weighted by Crippen LogP contribution is 2.13. The van der Waals surface area contributed by atoms with Crippen molar-refractivity contribution in [1.82, 2.24) is 30.7 Å². The fourth-order valence-electron chi connectivity index (χ4n) is 4.79. The van der Waals surface area contributed by atoms with E-state index < -0.39 is 58.2 Å². The molecule has 0 heterocycles. The first-order chi connectivity index (χ1) is 27.9. The predicted molar refractivity (Wildman–Crippen MR) is 216 cm³/mol. The van der Waals surface area contributed by atoms with Crippen molar-refractivity contribution in [3.63, 3.8) is 0 Å². The summed E-state index contributed by atoms with van der Waals surface area (Å²) in [5, 5.41) is 13.0. The third-order valence-corrected chi connectivity index (χ3v) is 9.02. The number of carbonyl (C=O) groups is 7. The largest absolute Gasteiger partial charge is 0.461 e. The van der Waals surface area contributed by atoms with E-state index in [9.17, 15) is 42.0 Å². The van der Waals surface area contributed by atoms with Gasteiger partial charge in [0.05, 0.1) is 25.7 Å². The Kier molecular flexibility index (Phi) is 25.5. The number of nitrogens with two attached hydrogens (primary N) is 1. The Labute approximate surface area is 345 Å². The molecule has 0 aliphatic heterocycles. The quantitative estimate of drug-likeness (QED) is 0.0324. The summed E-state index contributed by atoms with van der Waals surface area (Å²) in [5.74, 6) is -2.41. The van der Waals surface area contributed by atoms with E-state index in [1.165, 1.54) is 0 Å². The maximum Gasteiger partial charge on any atom is 0.421 e. The Morgan fingerprint density at radius 2 is 1.41 bits per heavy atom. The second-order valence-corrected chi connectivity index (χ2v) is 15.4. The molecule has 1 rings (SSSR count). The fourth-order valence-corrected chi connectivity index (χ4v) is 5.50. The minimum atomic E-state index is -4.25. The third-order valence-electron chi connectivity index (χ3n) is 8.00. The van der Waals surface area contributed by atoms with Gasteiger partial charge in [0.2, 0.25) is 17.7 Å². The van der Waals surface area contributed by atoms with Crippen LogP contribution in [0.1, 0.15) is 85.1 Å². The zero-order valence-corrected chi connectivity index (χ0v) is 35.3. The average molecular weight is 859 g/mol. The second kappa shape index (κ2) is 29.1. The SMILES string of the molecule is CCCCCC(=O)NCCCOC(=O)NS(=O)(=O)NCCOCCOC(=O)N[C@@H](C(=O)N[C@H](CCCNC(N)=O)C(=O)Nc1ccc(COC(=O)C(C)C)cc1)C(C)C. The summed E-state index contributed by atoms with van der Waals surface area (Å²) < 4.78 is 48.3. The topological polar surface area (TPSA) is 301 Å². The lowest BCUT2D eigenvalue weighted by atomic mass is 10.0. The van der Waals surface area contributed by atoms with Gasteiger partial charge in [0.15, 0.2) is 0 Å². The monoisotopic (exact) mass is 858 g/mol. The molecule has 0 aliphatic rings. The van der Waals surface area contributed by atoms with Gasteiger partial charge in [-0.15, -0.1) is 0 Å². The van der Waals surface area contributed by atoms with Gasteiger partial charge in [0.1, 0.15) is 25.3 Å². The highest BCUT2D eigenvalue weighted by atomic mass is 32.2. The van der Waals surface area contributed by atoms with E-state index in [1.54, 1.807) is 56.7 Å². The van der Waals surface area contributed by atoms with Crippen molar-refractivity contribution in [3.8, 4) is 0 Å². The number of unbranched alkanes of at least 4 members (excludes halogenated alkanes) is 2. The van der Waals surface area contributed by atoms with E-state index in [0.717, 1.165) is 19.3 Å². The molecular weight excluding hydrogens is 797 g/mol. The molecule has 0 fully saturated rings. The van der Waals surface area contributed by atoms with Crippen molar-refractivity contribution in [1.29, 1.82) is 0 Å². The number of nitrogens with one attached hydrogen (secondary N) is 7. The van der Waals surface area contributed by atoms with Crippen LogP contribution in [0.5, 0.6) is 0 Å². The summed E-state index contributed by atoms with van der Waals surface area (Å²) in [6.45, 7) is 8.42. The van der Waals surface area contributed by atoms with Crippen molar-refractivity contribution in [2.75, 3.05) is 51.4 Å². The van der Waals surface area contributed by atoms with Crippen LogP contribution in [-0.4, -0.2) is 108 Å². The van der Waals surface area contributed by atoms with Gasteiger partial charge in [0, 0.05) is 31.7 Å². The number of rotatable bonds is 29. The Morgan fingerprint density at radius 1 is 0.729 bits per heavy atom. The summed E-state index contributed by atoms with van der Waals surface area (Å²) in [4.78, 5) is 85.6. The molecule has 0 aliphatic carbocycles. The van der Waals surface area contributed by atoms with Crippen molar-refractivity contribution in [2.24, 2.45) is 17.6 Å². The van der Waals surface area contributed by atoms with Gasteiger partial charge < -0.3 is 51.3 Å². The van der Waals surface area contributed by atoms with Gasteiger partial charge in [-0.3, -0.25) is 19.2 Å². The maximum atomic E-state index is 13.4. The second-order valence-electron chi connectivity index (χ2n) is 13.9. The van der Waals surface area contributed by atoms with Gasteiger partial charge in [-0.05, 0) is 49.3 Å². The molecule has 22 heteroatoms. The van der Waals surface area contributed by atoms with Crippen LogP contribution in [0, 0.1) is 11.8 Å². The molecule has 2 atom stereocenters. The van der Waals surface area contributed by atoms with Crippen LogP contribution in [0.15, 0.2) is 24.3 Å². The van der Waals surface area contributed by atoms with Gasteiger partial charge in [-0.1, -0.05) is 59.6 Å². The van der Waals surface area contributed by atoms with Crippen LogP contribution in [0.25, 0.3) is 0 Å². The average Bonchev–Trinajstić information content (AvgIpc) is 3.16. The van der Waals surface area contributed by atoms with E-state index in [1.807, 2.05) is 6.92 Å². The van der Waals surface area contributed by atoms with Crippen LogP contribution in [-0.2, 0) is 54.9 Å². The molecule has 0 aromatic heterocycles. The highest BCUT2D eigenvalue weighted by Gasteiger charge is 2.29. The number of esters is 1. The summed E-state index contributed by atoms with van der Waals surface area (Å²) in [5.41, 5.74) is 6.24. The lowest BCUT2D eigenvalue weighted by Gasteiger charge is -2.25. The number of hydrogen-bond acceptors (Lipinski definition) is 13. The molecule has 1 aromatic rings. The molecule has 21 nitrogen and oxygen atoms in total. The lowest BCUT2D eigenvalue weighted by Crippen LogP contribution is -2.54. The van der Waals surface area contributed by atoms with Crippen molar-refractivity contribution in [2.45, 2.75) is 98.3 Å². The van der Waals surface area contributed by atoms with E-state index in [-0.39, 0.29) is 83.3 Å². The molecule has 59 heavy (non-hydrogen) atoms. The smallest absolute Gasteiger partial charge is 0.421 e. The first kappa shape index (κ1) is 51.8. The minimum Gasteiger partial charge on any atom is -0.461 e. The number of urea groups is 1. The molecule has 7 amide bonds. The number of benzene rings is 1. The first-order valence-corrected chi connectivity index (χ1v) is 21.0. The summed E-state index contributed by atoms with van der Waals surface area (Å²) in [7, 11) is -4.25. The number of anilines is 1. The highest BCUT2D eigenvalue weighted by molar-refractivity contribution is 7.88. The van der Waals surface area contributed by atoms with Crippen LogP contribution < -0.4 is 41.8 Å². The van der Waals surface area contributed by atoms with Gasteiger partial charge >= 0.3 is 34.4 Å². The maximum absolute atomic E-state index is 13.4. The van der Waals surface area contributed by atoms with Crippen molar-refractivity contribution >= 4 is 57.8 Å². The number of carbonyl (C=O) groups excluding carboxylic acids is 7. The van der Waals surface area contributed by atoms with Crippen LogP contribution in [0.2, 0.25) is 0 Å². The van der Waals surface area contributed by atoms with E-state index in [4.69, 9.17) is 24.7 Å². The van der Waals surface area contributed by atoms with Crippen molar-refractivity contribution in [3.05, 3.63) is 29.8 Å². The first-order valence-electron chi connectivity index (χ1n) is 19.6. The number of hydrogen-bond donors (Lipinski definition) is 8. The molecule has 0 saturated heterocycles. The van der Waals surface area contributed by atoms with Crippen LogP contribution in [0.3, 0.4) is 0 Å². The van der Waals surface area contributed by atoms with Gasteiger partial charge in [-0.2, -0.15) is 13.1 Å². The molecule has 1 aromatic carbocycles. The Bertz CT molecular complexity index is 1590. The van der Waals surface area contributed by atoms with E-state index in [0.29, 0.717) is 24.1 Å². The summed E-state index contributed by atoms with van der Waals surface area (Å²) >= 11 is 0. The third kappa shape index (κ3) is 25.0. The summed E-state index contributed by atoms with van der Waals surface area (Å²) in [6, 6.07) is 3.62. The number of primary amides is 1. The minimum absolute atomic E-state index is 0.0597. The van der Waals surface area contributed by atoms with E-state index in [2.05, 4.69) is 31.3 Å². The standard InChI is InChI=1S/C37H62N8O13S/c1-6-7-8-12-30(46)39-18-10-20-56-37(52)45-59(53,54)41-19-21-55-22-23-57-36(51)44-31(25(2)3)33(48)43-29(11-9-17-40-35(38)50)32(47)42-28-15-13-27(14-16-28)24-58-34(49)26(4)5/h13-16,25-26,29,31,41H,6-12,17-24H2,1-5H3,(H,39,46)(H,42,47)(H,43,48)(H,44,51)(H,45,52)(H3,38,40,50)/t29-,31-/m1/s1. The molecule has 334 valence electrons. The molecule has 9 N–H and O–H groups in total. The van der Waals surface area contributed by atoms with Gasteiger partial charge in [-0.25, -0.2) is 19.1 Å². The molecule has 0 spiro atoms. The lowest BCUT2D eigenvalue weighted by molar-refractivity contribution is -0.148. The zero-order chi connectivity index (χ0) is 44.2. The Hall–Kier alpha value is -5.22. The zero-order valence-electron chi connectivity index (χ0n) is 34.5. The molecule has 0 radical (unpaired) electrons. The molecular formula is C37H62N8O13S.